The largest absolute Gasteiger partial charge is 0.447 e. The molecule has 1 fully saturated rings. The minimum atomic E-state index is -0.400. The molecule has 1 N–H and O–H groups in total. The quantitative estimate of drug-likeness (QED) is 0.796. The van der Waals surface area contributed by atoms with Crippen LogP contribution in [0.3, 0.4) is 0 Å². The lowest BCUT2D eigenvalue weighted by molar-refractivity contribution is 0.177. The highest BCUT2D eigenvalue weighted by atomic mass is 16.6. The lowest BCUT2D eigenvalue weighted by Gasteiger charge is -2.06. The second kappa shape index (κ2) is 5.41. The lowest BCUT2D eigenvalue weighted by atomic mass is 10.1. The van der Waals surface area contributed by atoms with Crippen LogP contribution in [-0.4, -0.2) is 22.7 Å². The summed E-state index contributed by atoms with van der Waals surface area (Å²) >= 11 is 0. The molecule has 0 aliphatic carbocycles. The third kappa shape index (κ3) is 2.75. The van der Waals surface area contributed by atoms with E-state index >= 15 is 0 Å². The van der Waals surface area contributed by atoms with Crippen LogP contribution in [-0.2, 0) is 4.74 Å². The number of ether oxygens (including phenoxy) is 1. The number of pyridine rings is 2. The first kappa shape index (κ1) is 12.2. The second-order valence-corrected chi connectivity index (χ2v) is 4.29. The SMILES string of the molecule is O=C1N[C@H](c2cncc(C#Cc3ccncc3)c2)CO1. The first-order valence-corrected chi connectivity index (χ1v) is 6.11. The Kier molecular flexibility index (Phi) is 3.29. The van der Waals surface area contributed by atoms with Crippen LogP contribution in [0.4, 0.5) is 4.79 Å². The number of carbonyl (C=O) groups is 1. The number of hydrogen-bond donors (Lipinski definition) is 1. The topological polar surface area (TPSA) is 64.1 Å². The van der Waals surface area contributed by atoms with Crippen molar-refractivity contribution in [3.8, 4) is 11.8 Å². The van der Waals surface area contributed by atoms with Gasteiger partial charge < -0.3 is 10.1 Å². The standard InChI is InChI=1S/C15H11N3O2/c19-15-18-14(10-20-15)13-7-12(8-17-9-13)2-1-11-3-5-16-6-4-11/h3-9,14H,10H2,(H,18,19)/t14-/m0/s1. The van der Waals surface area contributed by atoms with Crippen molar-refractivity contribution in [2.75, 3.05) is 6.61 Å². The summed E-state index contributed by atoms with van der Waals surface area (Å²) in [6.45, 7) is 0.321. The first-order chi connectivity index (χ1) is 9.81. The maximum absolute atomic E-state index is 11.0. The van der Waals surface area contributed by atoms with Crippen molar-refractivity contribution < 1.29 is 9.53 Å². The van der Waals surface area contributed by atoms with Gasteiger partial charge in [-0.25, -0.2) is 4.79 Å². The van der Waals surface area contributed by atoms with Crippen LogP contribution in [0.25, 0.3) is 0 Å². The highest BCUT2D eigenvalue weighted by Gasteiger charge is 2.23. The monoisotopic (exact) mass is 265 g/mol. The Morgan fingerprint density at radius 1 is 1.15 bits per heavy atom. The van der Waals surface area contributed by atoms with Gasteiger partial charge in [0.1, 0.15) is 6.61 Å². The molecule has 1 saturated heterocycles. The van der Waals surface area contributed by atoms with Gasteiger partial charge >= 0.3 is 6.09 Å². The predicted octanol–water partition coefficient (Wildman–Crippen LogP) is 1.66. The fourth-order valence-electron chi connectivity index (χ4n) is 1.86. The van der Waals surface area contributed by atoms with E-state index in [0.29, 0.717) is 6.61 Å². The molecule has 5 heteroatoms. The second-order valence-electron chi connectivity index (χ2n) is 4.29. The first-order valence-electron chi connectivity index (χ1n) is 6.11. The summed E-state index contributed by atoms with van der Waals surface area (Å²) in [6, 6.07) is 5.43. The minimum Gasteiger partial charge on any atom is -0.447 e. The average Bonchev–Trinajstić information content (AvgIpc) is 2.93. The number of rotatable bonds is 1. The van der Waals surface area contributed by atoms with Gasteiger partial charge in [-0.15, -0.1) is 0 Å². The van der Waals surface area contributed by atoms with E-state index in [0.717, 1.165) is 16.7 Å². The fourth-order valence-corrected chi connectivity index (χ4v) is 1.86. The van der Waals surface area contributed by atoms with Crippen LogP contribution in [0.15, 0.2) is 43.0 Å². The van der Waals surface area contributed by atoms with Gasteiger partial charge in [0.15, 0.2) is 0 Å². The summed E-state index contributed by atoms with van der Waals surface area (Å²) in [4.78, 5) is 19.1. The molecular weight excluding hydrogens is 254 g/mol. The maximum atomic E-state index is 11.0. The predicted molar refractivity (Wildman–Crippen MR) is 71.7 cm³/mol. The van der Waals surface area contributed by atoms with Crippen molar-refractivity contribution >= 4 is 6.09 Å². The number of nitrogens with one attached hydrogen (secondary N) is 1. The molecule has 2 aromatic rings. The van der Waals surface area contributed by atoms with Gasteiger partial charge in [-0.05, 0) is 23.8 Å². The Balaban J connectivity index is 1.82. The Bertz CT molecular complexity index is 689. The molecule has 0 aromatic carbocycles. The van der Waals surface area contributed by atoms with Gasteiger partial charge in [0.2, 0.25) is 0 Å². The van der Waals surface area contributed by atoms with Gasteiger partial charge in [-0.2, -0.15) is 0 Å². The highest BCUT2D eigenvalue weighted by molar-refractivity contribution is 5.70. The van der Waals surface area contributed by atoms with E-state index in [-0.39, 0.29) is 6.04 Å². The normalized spacial score (nSPS) is 16.8. The molecule has 0 saturated carbocycles. The molecule has 98 valence electrons. The summed E-state index contributed by atoms with van der Waals surface area (Å²) < 4.78 is 4.87. The van der Waals surface area contributed by atoms with Gasteiger partial charge in [-0.1, -0.05) is 11.8 Å². The molecule has 0 spiro atoms. The van der Waals surface area contributed by atoms with Crippen molar-refractivity contribution in [3.05, 3.63) is 59.7 Å². The van der Waals surface area contributed by atoms with E-state index in [9.17, 15) is 4.79 Å². The fraction of sp³-hybridized carbons (Fsp3) is 0.133. The molecule has 3 rings (SSSR count). The van der Waals surface area contributed by atoms with Crippen LogP contribution in [0.2, 0.25) is 0 Å². The Labute approximate surface area is 116 Å². The number of amides is 1. The van der Waals surface area contributed by atoms with Gasteiger partial charge in [0, 0.05) is 35.9 Å². The summed E-state index contributed by atoms with van der Waals surface area (Å²) in [6.07, 6.45) is 6.39. The molecule has 1 aliphatic rings. The van der Waals surface area contributed by atoms with Gasteiger partial charge in [0.05, 0.1) is 6.04 Å². The van der Waals surface area contributed by atoms with E-state index < -0.39 is 6.09 Å². The summed E-state index contributed by atoms with van der Waals surface area (Å²) in [5.74, 6) is 6.08. The van der Waals surface area contributed by atoms with Crippen molar-refractivity contribution in [2.45, 2.75) is 6.04 Å². The van der Waals surface area contributed by atoms with E-state index in [4.69, 9.17) is 4.74 Å². The molecule has 20 heavy (non-hydrogen) atoms. The number of alkyl carbamates (subject to hydrolysis) is 1. The number of carbonyl (C=O) groups excluding carboxylic acids is 1. The Hall–Kier alpha value is -2.87. The lowest BCUT2D eigenvalue weighted by Crippen LogP contribution is -2.18. The molecular formula is C15H11N3O2. The minimum absolute atomic E-state index is 0.155. The van der Waals surface area contributed by atoms with Gasteiger partial charge in [-0.3, -0.25) is 9.97 Å². The van der Waals surface area contributed by atoms with Gasteiger partial charge in [0.25, 0.3) is 0 Å². The molecule has 3 heterocycles. The molecule has 0 unspecified atom stereocenters. The van der Waals surface area contributed by atoms with E-state index in [1.807, 2.05) is 18.2 Å². The molecule has 0 bridgehead atoms. The summed E-state index contributed by atoms with van der Waals surface area (Å²) in [5.41, 5.74) is 2.57. The van der Waals surface area contributed by atoms with Crippen LogP contribution < -0.4 is 5.32 Å². The van der Waals surface area contributed by atoms with Crippen molar-refractivity contribution in [2.24, 2.45) is 0 Å². The molecule has 1 aliphatic heterocycles. The molecule has 0 radical (unpaired) electrons. The Morgan fingerprint density at radius 2 is 1.95 bits per heavy atom. The number of hydrogen-bond acceptors (Lipinski definition) is 4. The van der Waals surface area contributed by atoms with Crippen LogP contribution in [0.5, 0.6) is 0 Å². The number of aromatic nitrogens is 2. The summed E-state index contributed by atoms with van der Waals surface area (Å²) in [7, 11) is 0. The number of cyclic esters (lactones) is 1. The Morgan fingerprint density at radius 3 is 2.70 bits per heavy atom. The van der Waals surface area contributed by atoms with Crippen LogP contribution in [0, 0.1) is 11.8 Å². The molecule has 2 aromatic heterocycles. The van der Waals surface area contributed by atoms with Crippen LogP contribution in [0.1, 0.15) is 22.7 Å². The zero-order valence-corrected chi connectivity index (χ0v) is 10.5. The highest BCUT2D eigenvalue weighted by Crippen LogP contribution is 2.17. The number of nitrogens with zero attached hydrogens (tertiary/aromatic N) is 2. The smallest absolute Gasteiger partial charge is 0.407 e. The summed E-state index contributed by atoms with van der Waals surface area (Å²) in [5, 5.41) is 2.71. The van der Waals surface area contributed by atoms with Crippen molar-refractivity contribution in [3.63, 3.8) is 0 Å². The third-order valence-corrected chi connectivity index (χ3v) is 2.87. The van der Waals surface area contributed by atoms with E-state index in [1.165, 1.54) is 0 Å². The maximum Gasteiger partial charge on any atom is 0.407 e. The zero-order valence-electron chi connectivity index (χ0n) is 10.5. The zero-order chi connectivity index (χ0) is 13.8. The van der Waals surface area contributed by atoms with E-state index in [1.54, 1.807) is 24.8 Å². The molecule has 5 nitrogen and oxygen atoms in total. The molecule has 1 amide bonds. The third-order valence-electron chi connectivity index (χ3n) is 2.87. The molecule has 1 atom stereocenters. The van der Waals surface area contributed by atoms with Crippen molar-refractivity contribution in [1.82, 2.24) is 15.3 Å². The average molecular weight is 265 g/mol. The van der Waals surface area contributed by atoms with E-state index in [2.05, 4.69) is 27.1 Å². The van der Waals surface area contributed by atoms with Crippen molar-refractivity contribution in [1.29, 1.82) is 0 Å². The van der Waals surface area contributed by atoms with Crippen LogP contribution >= 0.6 is 0 Å².